The molecule has 0 saturated carbocycles. The normalized spacial score (nSPS) is 27.0. The summed E-state index contributed by atoms with van der Waals surface area (Å²) in [5.74, 6) is -9.11. The number of rotatable bonds is 9. The van der Waals surface area contributed by atoms with E-state index >= 15 is 0 Å². The number of hydrogen-bond acceptors (Lipinski definition) is 12. The lowest BCUT2D eigenvalue weighted by Crippen LogP contribution is -2.55. The Kier molecular flexibility index (Phi) is 11.8. The first kappa shape index (κ1) is 48.1. The molecule has 0 radical (unpaired) electrons. The third-order valence-corrected chi connectivity index (χ3v) is 15.9. The van der Waals surface area contributed by atoms with E-state index in [-0.39, 0.29) is 54.0 Å². The summed E-state index contributed by atoms with van der Waals surface area (Å²) in [6.45, 7) is 8.06. The van der Waals surface area contributed by atoms with Gasteiger partial charge >= 0.3 is 0 Å². The van der Waals surface area contributed by atoms with Gasteiger partial charge in [0.25, 0.3) is 23.6 Å². The second-order valence-electron chi connectivity index (χ2n) is 19.6. The van der Waals surface area contributed by atoms with E-state index < -0.39 is 141 Å². The summed E-state index contributed by atoms with van der Waals surface area (Å²) in [5, 5.41) is 25.2. The van der Waals surface area contributed by atoms with Gasteiger partial charge in [0.1, 0.15) is 46.7 Å². The van der Waals surface area contributed by atoms with Gasteiger partial charge in [-0.15, -0.1) is 0 Å². The first-order valence-corrected chi connectivity index (χ1v) is 23.7. The van der Waals surface area contributed by atoms with E-state index in [0.29, 0.717) is 31.4 Å². The Morgan fingerprint density at radius 2 is 1.21 bits per heavy atom. The van der Waals surface area contributed by atoms with Crippen molar-refractivity contribution in [3.05, 3.63) is 126 Å². The fourth-order valence-corrected chi connectivity index (χ4v) is 11.3. The number of carbonyl (C=O) groups excluding carboxylic acids is 4. The van der Waals surface area contributed by atoms with Gasteiger partial charge in [-0.3, -0.25) is 28.8 Å². The molecule has 6 aliphatic rings. The molecule has 2 aromatic heterocycles. The molecule has 22 heteroatoms. The molecule has 2 unspecified atom stereocenters. The molecular weight excluding hydrogens is 949 g/mol. The number of ether oxygens (including phenoxy) is 1. The molecule has 0 aliphatic carbocycles. The number of nitrogens with zero attached hydrogens (tertiary/aromatic N) is 6. The summed E-state index contributed by atoms with van der Waals surface area (Å²) in [6, 6.07) is 3.31. The lowest BCUT2D eigenvalue weighted by molar-refractivity contribution is -0.0867. The van der Waals surface area contributed by atoms with Gasteiger partial charge in [0.2, 0.25) is 10.9 Å². The van der Waals surface area contributed by atoms with Crippen molar-refractivity contribution in [2.75, 3.05) is 19.7 Å². The Morgan fingerprint density at radius 3 is 1.72 bits per heavy atom. The maximum Gasteiger partial charge on any atom is 0.274 e. The topological polar surface area (TPSA) is 215 Å². The molecule has 6 aliphatic heterocycles. The van der Waals surface area contributed by atoms with Gasteiger partial charge in [-0.25, -0.2) is 17.6 Å². The third-order valence-electron chi connectivity index (χ3n) is 15.9. The SMILES string of the molecule is CC1=NO[C@]2(CC[C@H](C)N3C[C@H]2n2cc(C(=O)NCc4ccc(F)cc4F)c(=O)c(OCC4=NO[C@]5(CC[C@H](C)N6C[C@H]5n5cc(C(=O)NCc7ccc(F)cc7F)c(=O)c(O)c5C6=O)C4C)c2C3=O)C1C. The number of amides is 4. The van der Waals surface area contributed by atoms with Crippen LogP contribution in [-0.4, -0.2) is 102 Å². The van der Waals surface area contributed by atoms with E-state index in [1.165, 1.54) is 20.2 Å². The highest BCUT2D eigenvalue weighted by molar-refractivity contribution is 6.01. The van der Waals surface area contributed by atoms with Gasteiger partial charge in [-0.05, 0) is 58.6 Å². The molecule has 4 bridgehead atoms. The largest absolute Gasteiger partial charge is 0.503 e. The molecule has 10 rings (SSSR count). The highest BCUT2D eigenvalue weighted by Gasteiger charge is 2.60. The van der Waals surface area contributed by atoms with Crippen molar-refractivity contribution in [3.8, 4) is 11.5 Å². The predicted octanol–water partition coefficient (Wildman–Crippen LogP) is 5.11. The van der Waals surface area contributed by atoms with Gasteiger partial charge in [0.15, 0.2) is 34.1 Å². The first-order valence-electron chi connectivity index (χ1n) is 23.7. The summed E-state index contributed by atoms with van der Waals surface area (Å²) < 4.78 is 65.8. The summed E-state index contributed by atoms with van der Waals surface area (Å²) in [6.07, 6.45) is 4.01. The van der Waals surface area contributed by atoms with Crippen LogP contribution >= 0.6 is 0 Å². The van der Waals surface area contributed by atoms with Crippen LogP contribution in [0.3, 0.4) is 0 Å². The Morgan fingerprint density at radius 1 is 0.722 bits per heavy atom. The van der Waals surface area contributed by atoms with Crippen LogP contribution in [0.5, 0.6) is 11.5 Å². The summed E-state index contributed by atoms with van der Waals surface area (Å²) in [7, 11) is 0. The molecule has 2 aromatic carbocycles. The Balaban J connectivity index is 1.00. The van der Waals surface area contributed by atoms with Crippen LogP contribution < -0.4 is 26.2 Å². The second kappa shape index (κ2) is 17.7. The molecule has 4 aromatic rings. The zero-order valence-corrected chi connectivity index (χ0v) is 39.8. The van der Waals surface area contributed by atoms with E-state index in [1.54, 1.807) is 18.7 Å². The van der Waals surface area contributed by atoms with E-state index in [0.717, 1.165) is 36.2 Å². The zero-order valence-electron chi connectivity index (χ0n) is 39.8. The Bertz CT molecular complexity index is 3200. The summed E-state index contributed by atoms with van der Waals surface area (Å²) in [5.41, 5.74) is -5.22. The van der Waals surface area contributed by atoms with E-state index in [4.69, 9.17) is 14.4 Å². The number of halogens is 4. The number of benzene rings is 2. The highest BCUT2D eigenvalue weighted by atomic mass is 19.1. The molecule has 2 fully saturated rings. The minimum atomic E-state index is -1.35. The first-order chi connectivity index (χ1) is 34.3. The quantitative estimate of drug-likeness (QED) is 0.189. The van der Waals surface area contributed by atoms with Crippen LogP contribution in [0.1, 0.15) is 125 Å². The minimum Gasteiger partial charge on any atom is -0.503 e. The van der Waals surface area contributed by atoms with Crippen LogP contribution in [0, 0.1) is 35.1 Å². The molecule has 18 nitrogen and oxygen atoms in total. The molecular formula is C50H50F4N8O10. The van der Waals surface area contributed by atoms with Crippen molar-refractivity contribution in [1.29, 1.82) is 0 Å². The number of aromatic nitrogens is 2. The minimum absolute atomic E-state index is 0.0195. The third kappa shape index (κ3) is 7.50. The van der Waals surface area contributed by atoms with Gasteiger partial charge in [0, 0.05) is 85.8 Å². The van der Waals surface area contributed by atoms with Crippen molar-refractivity contribution in [2.24, 2.45) is 22.1 Å². The number of hydrogen-bond donors (Lipinski definition) is 3. The fourth-order valence-electron chi connectivity index (χ4n) is 11.3. The van der Waals surface area contributed by atoms with Gasteiger partial charge < -0.3 is 49.1 Å². The van der Waals surface area contributed by atoms with Crippen molar-refractivity contribution in [3.63, 3.8) is 0 Å². The highest BCUT2D eigenvalue weighted by Crippen LogP contribution is 2.51. The fraction of sp³-hybridized carbons (Fsp3) is 0.440. The number of carbonyl (C=O) groups is 4. The smallest absolute Gasteiger partial charge is 0.274 e. The number of nitrogens with one attached hydrogen (secondary N) is 2. The number of aromatic hydroxyl groups is 1. The van der Waals surface area contributed by atoms with Crippen molar-refractivity contribution in [2.45, 2.75) is 109 Å². The lowest BCUT2D eigenvalue weighted by atomic mass is 9.76. The van der Waals surface area contributed by atoms with Gasteiger partial charge in [-0.2, -0.15) is 0 Å². The van der Waals surface area contributed by atoms with E-state index in [1.807, 2.05) is 20.8 Å². The van der Waals surface area contributed by atoms with Crippen LogP contribution in [-0.2, 0) is 22.8 Å². The summed E-state index contributed by atoms with van der Waals surface area (Å²) >= 11 is 0. The van der Waals surface area contributed by atoms with Crippen LogP contribution in [0.2, 0.25) is 0 Å². The van der Waals surface area contributed by atoms with Gasteiger partial charge in [-0.1, -0.05) is 36.3 Å². The van der Waals surface area contributed by atoms with Crippen LogP contribution in [0.25, 0.3) is 0 Å². The molecule has 3 N–H and O–H groups in total. The monoisotopic (exact) mass is 998 g/mol. The number of fused-ring (bicyclic) bond motifs is 10. The van der Waals surface area contributed by atoms with Crippen LogP contribution in [0.4, 0.5) is 17.6 Å². The summed E-state index contributed by atoms with van der Waals surface area (Å²) in [4.78, 5) is 101. The number of oxime groups is 2. The standard InChI is InChI=1S/C50H50F4N8O10/c1-23-11-13-50(38-21-59(23)47(68)39-43(65)41(63)32(18-61(38)39)45(66)55-16-28-6-8-30(51)14-34(28)53)26(4)36(58-72-50)22-70-44-40-48(69)60-20-37(49(12-10-24(60)2)25(3)27(5)57-71-49)62(40)19-33(42(44)64)46(67)56-17-29-7-9-31(52)15-35(29)54/h6-9,14-15,18-19,23-26,37-38,65H,10-13,16-17,20-22H2,1-5H3,(H,55,66)(H,56,67)/t23-,24-,25?,26?,37+,38+,49+,50+/m0/s1. The van der Waals surface area contributed by atoms with E-state index in [2.05, 4.69) is 20.9 Å². The molecule has 4 amide bonds. The average molecular weight is 999 g/mol. The molecule has 2 saturated heterocycles. The van der Waals surface area contributed by atoms with Crippen molar-refractivity contribution in [1.82, 2.24) is 29.6 Å². The lowest BCUT2D eigenvalue weighted by Gasteiger charge is -2.44. The van der Waals surface area contributed by atoms with Gasteiger partial charge in [0.05, 0.1) is 17.8 Å². The molecule has 8 atom stereocenters. The van der Waals surface area contributed by atoms with Crippen LogP contribution in [0.15, 0.2) is 68.7 Å². The number of pyridine rings is 2. The van der Waals surface area contributed by atoms with Crippen molar-refractivity contribution >= 4 is 35.1 Å². The maximum absolute atomic E-state index is 14.8. The Hall–Kier alpha value is -7.52. The molecule has 378 valence electrons. The maximum atomic E-state index is 14.8. The molecule has 2 spiro atoms. The average Bonchev–Trinajstić information content (AvgIpc) is 3.71. The molecule has 8 heterocycles. The second-order valence-corrected chi connectivity index (χ2v) is 19.6. The predicted molar refractivity (Wildman–Crippen MR) is 248 cm³/mol. The van der Waals surface area contributed by atoms with Crippen molar-refractivity contribution < 1.29 is 56.3 Å². The Labute approximate surface area is 408 Å². The molecule has 72 heavy (non-hydrogen) atoms. The zero-order chi connectivity index (χ0) is 51.3. The van der Waals surface area contributed by atoms with E-state index in [9.17, 15) is 51.4 Å².